The molecule has 0 aliphatic carbocycles. The van der Waals surface area contributed by atoms with E-state index in [1.54, 1.807) is 10.4 Å². The van der Waals surface area contributed by atoms with Crippen LogP contribution in [0.25, 0.3) is 0 Å². The Bertz CT molecular complexity index is 225. The van der Waals surface area contributed by atoms with Gasteiger partial charge in [-0.3, -0.25) is 0 Å². The number of pyridine rings is 1. The molecule has 1 heterocycles. The highest BCUT2D eigenvalue weighted by molar-refractivity contribution is 6.41. The topological polar surface area (TPSA) is 16.1 Å². The van der Waals surface area contributed by atoms with E-state index in [0.29, 0.717) is 0 Å². The zero-order valence-corrected chi connectivity index (χ0v) is 7.63. The van der Waals surface area contributed by atoms with Gasteiger partial charge in [0, 0.05) is 6.20 Å². The molecule has 0 N–H and O–H groups in total. The van der Waals surface area contributed by atoms with Gasteiger partial charge in [-0.15, -0.1) is 0 Å². The van der Waals surface area contributed by atoms with Gasteiger partial charge < -0.3 is 4.23 Å². The van der Waals surface area contributed by atoms with Gasteiger partial charge >= 0.3 is 0 Å². The van der Waals surface area contributed by atoms with Crippen molar-refractivity contribution in [1.82, 2.24) is 4.98 Å². The largest absolute Gasteiger partial charge is 0.413 e. The number of aryl methyl sites for hydroxylation is 1. The Balaban J connectivity index is 2.96. The van der Waals surface area contributed by atoms with Gasteiger partial charge in [0.1, 0.15) is 5.82 Å². The van der Waals surface area contributed by atoms with Gasteiger partial charge in [0.2, 0.25) is 0 Å². The van der Waals surface area contributed by atoms with Gasteiger partial charge in [-0.2, -0.15) is 0 Å². The molecular formula is C6H6N2Si2. The van der Waals surface area contributed by atoms with Crippen LogP contribution in [0.4, 0.5) is 5.82 Å². The minimum Gasteiger partial charge on any atom is -0.413 e. The second kappa shape index (κ2) is 2.98. The van der Waals surface area contributed by atoms with Gasteiger partial charge in [0.25, 0.3) is 0 Å². The van der Waals surface area contributed by atoms with Crippen LogP contribution in [0, 0.1) is 6.92 Å². The molecule has 0 fully saturated rings. The van der Waals surface area contributed by atoms with Gasteiger partial charge in [-0.05, 0) is 24.6 Å². The van der Waals surface area contributed by atoms with E-state index in [1.807, 2.05) is 19.1 Å². The second-order valence-electron chi connectivity index (χ2n) is 2.03. The summed E-state index contributed by atoms with van der Waals surface area (Å²) in [5.74, 6) is 0.841. The third kappa shape index (κ3) is 1.68. The number of hydrogen-bond acceptors (Lipinski definition) is 2. The fourth-order valence-corrected chi connectivity index (χ4v) is 0.887. The van der Waals surface area contributed by atoms with Crippen LogP contribution >= 0.6 is 0 Å². The smallest absolute Gasteiger partial charge is 0.180 e. The number of anilines is 1. The van der Waals surface area contributed by atoms with Gasteiger partial charge in [0.05, 0.1) is 0 Å². The number of hydrogen-bond donors (Lipinski definition) is 0. The maximum atomic E-state index is 4.07. The SMILES string of the molecule is Cc1ccnc(N([Si])[Si])c1. The molecule has 6 radical (unpaired) electrons. The minimum absolute atomic E-state index is 0.841. The summed E-state index contributed by atoms with van der Waals surface area (Å²) in [6.07, 6.45) is 1.76. The lowest BCUT2D eigenvalue weighted by molar-refractivity contribution is 1.26. The van der Waals surface area contributed by atoms with Crippen LogP contribution in [0.5, 0.6) is 0 Å². The highest BCUT2D eigenvalue weighted by Gasteiger charge is 1.94. The Labute approximate surface area is 67.3 Å². The van der Waals surface area contributed by atoms with Crippen molar-refractivity contribution in [1.29, 1.82) is 0 Å². The molecule has 0 spiro atoms. The van der Waals surface area contributed by atoms with Gasteiger partial charge in [-0.1, -0.05) is 0 Å². The van der Waals surface area contributed by atoms with E-state index in [0.717, 1.165) is 5.82 Å². The maximum absolute atomic E-state index is 4.07. The van der Waals surface area contributed by atoms with Crippen LogP contribution in [0.2, 0.25) is 0 Å². The van der Waals surface area contributed by atoms with E-state index >= 15 is 0 Å². The standard InChI is InChI=1S/C6H6N2Si2/c1-5-2-3-7-6(4-5)8(9)10/h2-4H,1H3. The molecule has 0 amide bonds. The van der Waals surface area contributed by atoms with E-state index in [4.69, 9.17) is 0 Å². The lowest BCUT2D eigenvalue weighted by atomic mass is 10.3. The number of nitrogens with zero attached hydrogens (tertiary/aromatic N) is 2. The first kappa shape index (κ1) is 7.49. The quantitative estimate of drug-likeness (QED) is 0.554. The molecule has 0 atom stereocenters. The average molecular weight is 162 g/mol. The van der Waals surface area contributed by atoms with Gasteiger partial charge in [0.15, 0.2) is 20.8 Å². The van der Waals surface area contributed by atoms with Crippen molar-refractivity contribution < 1.29 is 0 Å². The summed E-state index contributed by atoms with van der Waals surface area (Å²) in [5.41, 5.74) is 1.19. The van der Waals surface area contributed by atoms with E-state index in [2.05, 4.69) is 25.8 Å². The molecule has 0 bridgehead atoms. The normalized spacial score (nSPS) is 9.50. The zero-order chi connectivity index (χ0) is 7.56. The van der Waals surface area contributed by atoms with Crippen molar-refractivity contribution in [2.24, 2.45) is 0 Å². The Morgan fingerprint density at radius 3 is 2.60 bits per heavy atom. The predicted octanol–water partition coefficient (Wildman–Crippen LogP) is 0.363. The van der Waals surface area contributed by atoms with Crippen molar-refractivity contribution >= 4 is 26.6 Å². The molecule has 0 aliphatic rings. The third-order valence-corrected chi connectivity index (χ3v) is 1.59. The molecule has 0 aromatic carbocycles. The molecule has 1 rings (SSSR count). The summed E-state index contributed by atoms with van der Waals surface area (Å²) < 4.78 is 1.60. The first-order valence-corrected chi connectivity index (χ1v) is 3.75. The molecule has 4 heteroatoms. The number of rotatable bonds is 1. The Morgan fingerprint density at radius 2 is 2.20 bits per heavy atom. The highest BCUT2D eigenvalue weighted by Crippen LogP contribution is 2.06. The molecule has 2 nitrogen and oxygen atoms in total. The molecule has 1 aromatic heterocycles. The Kier molecular flexibility index (Phi) is 2.23. The Morgan fingerprint density at radius 1 is 1.50 bits per heavy atom. The molecule has 0 saturated carbocycles. The second-order valence-corrected chi connectivity index (χ2v) is 3.37. The van der Waals surface area contributed by atoms with E-state index in [9.17, 15) is 0 Å². The molecule has 0 unspecified atom stereocenters. The average Bonchev–Trinajstić information content (AvgIpc) is 1.88. The summed E-state index contributed by atoms with van der Waals surface area (Å²) in [7, 11) is 6.50. The van der Waals surface area contributed by atoms with Crippen LogP contribution in [0.3, 0.4) is 0 Å². The van der Waals surface area contributed by atoms with Crippen molar-refractivity contribution in [2.45, 2.75) is 6.92 Å². The van der Waals surface area contributed by atoms with Crippen molar-refractivity contribution in [3.8, 4) is 0 Å². The fourth-order valence-electron chi connectivity index (χ4n) is 0.643. The number of aromatic nitrogens is 1. The lowest BCUT2D eigenvalue weighted by Gasteiger charge is -2.09. The summed E-state index contributed by atoms with van der Waals surface area (Å²) in [5, 5.41) is 0. The summed E-state index contributed by atoms with van der Waals surface area (Å²) >= 11 is 0. The van der Waals surface area contributed by atoms with Crippen molar-refractivity contribution in [3.05, 3.63) is 23.9 Å². The first-order valence-electron chi connectivity index (χ1n) is 2.85. The van der Waals surface area contributed by atoms with E-state index < -0.39 is 0 Å². The first-order chi connectivity index (χ1) is 4.70. The van der Waals surface area contributed by atoms with Crippen LogP contribution in [0.1, 0.15) is 5.56 Å². The van der Waals surface area contributed by atoms with Crippen LogP contribution in [-0.4, -0.2) is 25.8 Å². The maximum Gasteiger partial charge on any atom is 0.180 e. The van der Waals surface area contributed by atoms with Crippen molar-refractivity contribution in [2.75, 3.05) is 4.23 Å². The monoisotopic (exact) mass is 162 g/mol. The van der Waals surface area contributed by atoms with Crippen LogP contribution < -0.4 is 4.23 Å². The Hall–Kier alpha value is -0.616. The van der Waals surface area contributed by atoms with E-state index in [-0.39, 0.29) is 0 Å². The molecule has 1 aromatic rings. The molecule has 10 heavy (non-hydrogen) atoms. The van der Waals surface area contributed by atoms with Crippen LogP contribution in [0.15, 0.2) is 18.3 Å². The molecule has 0 saturated heterocycles. The molecule has 48 valence electrons. The lowest BCUT2D eigenvalue weighted by Crippen LogP contribution is -2.14. The fraction of sp³-hybridized carbons (Fsp3) is 0.167. The zero-order valence-electron chi connectivity index (χ0n) is 5.63. The molecular weight excluding hydrogens is 156 g/mol. The van der Waals surface area contributed by atoms with E-state index in [1.165, 1.54) is 5.56 Å². The third-order valence-electron chi connectivity index (χ3n) is 1.13. The highest BCUT2D eigenvalue weighted by atomic mass is 28.2. The summed E-state index contributed by atoms with van der Waals surface area (Å²) in [6, 6.07) is 3.91. The summed E-state index contributed by atoms with van der Waals surface area (Å²) in [6.45, 7) is 2.02. The predicted molar refractivity (Wildman–Crippen MR) is 43.0 cm³/mol. The van der Waals surface area contributed by atoms with Crippen LogP contribution in [-0.2, 0) is 0 Å². The minimum atomic E-state index is 0.841. The molecule has 0 aliphatic heterocycles. The van der Waals surface area contributed by atoms with Gasteiger partial charge in [-0.25, -0.2) is 4.98 Å². The van der Waals surface area contributed by atoms with Crippen molar-refractivity contribution in [3.63, 3.8) is 0 Å². The summed E-state index contributed by atoms with van der Waals surface area (Å²) in [4.78, 5) is 4.07.